The molecule has 1 atom stereocenters. The van der Waals surface area contributed by atoms with E-state index in [0.29, 0.717) is 18.7 Å². The van der Waals surface area contributed by atoms with Crippen LogP contribution in [0, 0.1) is 13.8 Å². The summed E-state index contributed by atoms with van der Waals surface area (Å²) in [5.74, 6) is -0.554. The van der Waals surface area contributed by atoms with Crippen molar-refractivity contribution in [3.05, 3.63) is 22.5 Å². The van der Waals surface area contributed by atoms with Gasteiger partial charge in [-0.3, -0.25) is 9.59 Å². The molecule has 1 aromatic heterocycles. The summed E-state index contributed by atoms with van der Waals surface area (Å²) in [5, 5.41) is 2.80. The number of aromatic amines is 1. The summed E-state index contributed by atoms with van der Waals surface area (Å²) in [6.45, 7) is 9.10. The molecule has 1 saturated heterocycles. The molecular weight excluding hydrogens is 346 g/mol. The summed E-state index contributed by atoms with van der Waals surface area (Å²) in [7, 11) is 0. The normalized spacial score (nSPS) is 15.3. The zero-order valence-electron chi connectivity index (χ0n) is 16.8. The minimum Gasteiger partial charge on any atom is -0.461 e. The van der Waals surface area contributed by atoms with Crippen molar-refractivity contribution in [2.45, 2.75) is 65.8 Å². The fraction of sp³-hybridized carbons (Fsp3) is 0.650. The molecule has 1 aliphatic rings. The summed E-state index contributed by atoms with van der Waals surface area (Å²) in [4.78, 5) is 41.6. The molecule has 0 spiro atoms. The number of carbonyl (C=O) groups is 3. The van der Waals surface area contributed by atoms with Crippen molar-refractivity contribution in [3.8, 4) is 0 Å². The van der Waals surface area contributed by atoms with Gasteiger partial charge in [0.15, 0.2) is 0 Å². The van der Waals surface area contributed by atoms with E-state index in [2.05, 4.69) is 10.3 Å². The summed E-state index contributed by atoms with van der Waals surface area (Å²) >= 11 is 0. The van der Waals surface area contributed by atoms with Crippen LogP contribution in [0.5, 0.6) is 0 Å². The lowest BCUT2D eigenvalue weighted by Gasteiger charge is -2.29. The predicted molar refractivity (Wildman–Crippen MR) is 103 cm³/mol. The van der Waals surface area contributed by atoms with Crippen LogP contribution >= 0.6 is 0 Å². The summed E-state index contributed by atoms with van der Waals surface area (Å²) in [6, 6.07) is -0.515. The number of carbonyl (C=O) groups excluding carboxylic acids is 3. The Morgan fingerprint density at radius 2 is 1.85 bits per heavy atom. The van der Waals surface area contributed by atoms with Gasteiger partial charge in [-0.15, -0.1) is 0 Å². The molecule has 1 aromatic rings. The molecule has 2 heterocycles. The van der Waals surface area contributed by atoms with E-state index in [4.69, 9.17) is 4.74 Å². The number of aromatic nitrogens is 1. The highest BCUT2D eigenvalue weighted by Gasteiger charge is 2.24. The van der Waals surface area contributed by atoms with Gasteiger partial charge in [0.05, 0.1) is 6.61 Å². The third-order valence-corrected chi connectivity index (χ3v) is 5.09. The topological polar surface area (TPSA) is 91.5 Å². The van der Waals surface area contributed by atoms with Crippen LogP contribution in [-0.2, 0) is 20.7 Å². The number of hydrogen-bond acceptors (Lipinski definition) is 4. The first-order chi connectivity index (χ1) is 12.8. The van der Waals surface area contributed by atoms with Crippen LogP contribution in [0.15, 0.2) is 0 Å². The Labute approximate surface area is 160 Å². The lowest BCUT2D eigenvalue weighted by molar-refractivity contribution is -0.136. The van der Waals surface area contributed by atoms with Crippen LogP contribution in [0.4, 0.5) is 0 Å². The van der Waals surface area contributed by atoms with E-state index in [1.165, 1.54) is 0 Å². The molecule has 1 aliphatic heterocycles. The van der Waals surface area contributed by atoms with Gasteiger partial charge in [0, 0.05) is 25.2 Å². The first kappa shape index (κ1) is 21.0. The third-order valence-electron chi connectivity index (χ3n) is 5.09. The van der Waals surface area contributed by atoms with E-state index in [1.807, 2.05) is 18.7 Å². The Hall–Kier alpha value is -2.31. The minimum absolute atomic E-state index is 0.0124. The van der Waals surface area contributed by atoms with E-state index < -0.39 is 6.04 Å². The van der Waals surface area contributed by atoms with E-state index in [0.717, 1.165) is 49.2 Å². The molecule has 0 aromatic carbocycles. The molecule has 1 unspecified atom stereocenters. The molecule has 0 aliphatic carbocycles. The quantitative estimate of drug-likeness (QED) is 0.713. The number of H-pyrrole nitrogens is 1. The first-order valence-electron chi connectivity index (χ1n) is 9.78. The number of hydrogen-bond donors (Lipinski definition) is 2. The highest BCUT2D eigenvalue weighted by molar-refractivity contribution is 5.90. The van der Waals surface area contributed by atoms with Gasteiger partial charge in [-0.2, -0.15) is 0 Å². The van der Waals surface area contributed by atoms with Crippen molar-refractivity contribution in [3.63, 3.8) is 0 Å². The number of rotatable bonds is 7. The van der Waals surface area contributed by atoms with E-state index >= 15 is 0 Å². The molecule has 7 nitrogen and oxygen atoms in total. The maximum Gasteiger partial charge on any atom is 0.355 e. The van der Waals surface area contributed by atoms with Crippen LogP contribution in [0.25, 0.3) is 0 Å². The SMILES string of the molecule is CCOC(=O)c1[nH]c(C)c(CCC(=O)NC(C)C(=O)N2CCCCC2)c1C. The smallest absolute Gasteiger partial charge is 0.355 e. The molecule has 0 bridgehead atoms. The maximum absolute atomic E-state index is 12.4. The minimum atomic E-state index is -0.515. The van der Waals surface area contributed by atoms with Gasteiger partial charge < -0.3 is 19.9 Å². The summed E-state index contributed by atoms with van der Waals surface area (Å²) in [5.41, 5.74) is 3.07. The molecule has 0 saturated carbocycles. The second-order valence-electron chi connectivity index (χ2n) is 7.12. The average molecular weight is 377 g/mol. The Bertz CT molecular complexity index is 690. The zero-order chi connectivity index (χ0) is 20.0. The summed E-state index contributed by atoms with van der Waals surface area (Å²) < 4.78 is 5.05. The molecule has 27 heavy (non-hydrogen) atoms. The standard InChI is InChI=1S/C20H31N3O4/c1-5-27-20(26)18-13(2)16(14(3)22-18)9-10-17(24)21-15(4)19(25)23-11-7-6-8-12-23/h15,22H,5-12H2,1-4H3,(H,21,24). The highest BCUT2D eigenvalue weighted by atomic mass is 16.5. The van der Waals surface area contributed by atoms with Crippen LogP contribution in [0.3, 0.4) is 0 Å². The van der Waals surface area contributed by atoms with Crippen LogP contribution in [-0.4, -0.2) is 53.4 Å². The Balaban J connectivity index is 1.89. The third kappa shape index (κ3) is 5.34. The molecule has 150 valence electrons. The van der Waals surface area contributed by atoms with Crippen molar-refractivity contribution >= 4 is 17.8 Å². The van der Waals surface area contributed by atoms with Crippen LogP contribution in [0.1, 0.15) is 66.8 Å². The number of nitrogens with one attached hydrogen (secondary N) is 2. The van der Waals surface area contributed by atoms with Gasteiger partial charge in [-0.25, -0.2) is 4.79 Å². The fourth-order valence-corrected chi connectivity index (χ4v) is 3.57. The van der Waals surface area contributed by atoms with Crippen molar-refractivity contribution in [2.24, 2.45) is 0 Å². The molecular formula is C20H31N3O4. The second kappa shape index (κ2) is 9.58. The zero-order valence-corrected chi connectivity index (χ0v) is 16.8. The number of aryl methyl sites for hydroxylation is 1. The fourth-order valence-electron chi connectivity index (χ4n) is 3.57. The van der Waals surface area contributed by atoms with Crippen molar-refractivity contribution in [1.82, 2.24) is 15.2 Å². The van der Waals surface area contributed by atoms with Crippen molar-refractivity contribution in [2.75, 3.05) is 19.7 Å². The first-order valence-corrected chi connectivity index (χ1v) is 9.78. The molecule has 2 amide bonds. The monoisotopic (exact) mass is 377 g/mol. The Morgan fingerprint density at radius 3 is 2.48 bits per heavy atom. The van der Waals surface area contributed by atoms with Crippen molar-refractivity contribution < 1.29 is 19.1 Å². The van der Waals surface area contributed by atoms with Gasteiger partial charge in [-0.05, 0) is 64.5 Å². The Morgan fingerprint density at radius 1 is 1.19 bits per heavy atom. The van der Waals surface area contributed by atoms with Crippen molar-refractivity contribution in [1.29, 1.82) is 0 Å². The lowest BCUT2D eigenvalue weighted by atomic mass is 10.0. The molecule has 0 radical (unpaired) electrons. The van der Waals surface area contributed by atoms with Crippen LogP contribution < -0.4 is 5.32 Å². The second-order valence-corrected chi connectivity index (χ2v) is 7.12. The number of esters is 1. The largest absolute Gasteiger partial charge is 0.461 e. The number of amides is 2. The number of piperidine rings is 1. The predicted octanol–water partition coefficient (Wildman–Crippen LogP) is 2.26. The van der Waals surface area contributed by atoms with E-state index in [1.54, 1.807) is 13.8 Å². The van der Waals surface area contributed by atoms with E-state index in [-0.39, 0.29) is 24.2 Å². The summed E-state index contributed by atoms with van der Waals surface area (Å²) in [6.07, 6.45) is 3.99. The van der Waals surface area contributed by atoms with Crippen LogP contribution in [0.2, 0.25) is 0 Å². The molecule has 7 heteroatoms. The number of likely N-dealkylation sites (tertiary alicyclic amines) is 1. The van der Waals surface area contributed by atoms with Gasteiger partial charge in [0.25, 0.3) is 0 Å². The number of ether oxygens (including phenoxy) is 1. The Kier molecular flexibility index (Phi) is 7.45. The number of nitrogens with zero attached hydrogens (tertiary/aromatic N) is 1. The average Bonchev–Trinajstić information content (AvgIpc) is 2.94. The molecule has 2 rings (SSSR count). The van der Waals surface area contributed by atoms with Gasteiger partial charge >= 0.3 is 5.97 Å². The highest BCUT2D eigenvalue weighted by Crippen LogP contribution is 2.20. The van der Waals surface area contributed by atoms with Gasteiger partial charge in [0.2, 0.25) is 11.8 Å². The van der Waals surface area contributed by atoms with Gasteiger partial charge in [0.1, 0.15) is 11.7 Å². The lowest BCUT2D eigenvalue weighted by Crippen LogP contribution is -2.48. The van der Waals surface area contributed by atoms with E-state index in [9.17, 15) is 14.4 Å². The maximum atomic E-state index is 12.4. The van der Waals surface area contributed by atoms with Gasteiger partial charge in [-0.1, -0.05) is 0 Å². The molecule has 2 N–H and O–H groups in total. The molecule has 1 fully saturated rings.